The molecule has 1 amide bonds. The Morgan fingerprint density at radius 3 is 2.52 bits per heavy atom. The molecular formula is C17H21N3O. The SMILES string of the molecule is Cc1[nH]cnc1-c1ccc(NC(=O)C2CCCCC2)cc1. The van der Waals surface area contributed by atoms with Crippen LogP contribution in [-0.4, -0.2) is 15.9 Å². The third-order valence-electron chi connectivity index (χ3n) is 4.23. The van der Waals surface area contributed by atoms with Crippen molar-refractivity contribution in [3.63, 3.8) is 0 Å². The van der Waals surface area contributed by atoms with E-state index in [0.717, 1.165) is 35.5 Å². The zero-order valence-electron chi connectivity index (χ0n) is 12.4. The van der Waals surface area contributed by atoms with Crippen LogP contribution in [0.4, 0.5) is 5.69 Å². The molecular weight excluding hydrogens is 262 g/mol. The molecule has 110 valence electrons. The number of rotatable bonds is 3. The van der Waals surface area contributed by atoms with Gasteiger partial charge in [0.2, 0.25) is 5.91 Å². The summed E-state index contributed by atoms with van der Waals surface area (Å²) in [5, 5.41) is 3.03. The second-order valence-corrected chi connectivity index (χ2v) is 5.78. The molecule has 0 saturated heterocycles. The molecule has 1 saturated carbocycles. The lowest BCUT2D eigenvalue weighted by molar-refractivity contribution is -0.120. The zero-order valence-corrected chi connectivity index (χ0v) is 12.4. The lowest BCUT2D eigenvalue weighted by Crippen LogP contribution is -2.24. The number of imidazole rings is 1. The van der Waals surface area contributed by atoms with Gasteiger partial charge in [0.1, 0.15) is 0 Å². The topological polar surface area (TPSA) is 57.8 Å². The average molecular weight is 283 g/mol. The van der Waals surface area contributed by atoms with Gasteiger partial charge in [-0.05, 0) is 31.9 Å². The van der Waals surface area contributed by atoms with Crippen LogP contribution in [0.3, 0.4) is 0 Å². The fourth-order valence-corrected chi connectivity index (χ4v) is 2.97. The van der Waals surface area contributed by atoms with Crippen LogP contribution in [0, 0.1) is 12.8 Å². The summed E-state index contributed by atoms with van der Waals surface area (Å²) >= 11 is 0. The molecule has 2 aromatic rings. The third kappa shape index (κ3) is 3.15. The van der Waals surface area contributed by atoms with Crippen molar-refractivity contribution in [3.05, 3.63) is 36.3 Å². The highest BCUT2D eigenvalue weighted by Crippen LogP contribution is 2.26. The largest absolute Gasteiger partial charge is 0.348 e. The molecule has 4 heteroatoms. The van der Waals surface area contributed by atoms with Gasteiger partial charge in [-0.1, -0.05) is 31.4 Å². The van der Waals surface area contributed by atoms with E-state index < -0.39 is 0 Å². The molecule has 1 aromatic carbocycles. The molecule has 0 aliphatic heterocycles. The Morgan fingerprint density at radius 1 is 1.19 bits per heavy atom. The van der Waals surface area contributed by atoms with Gasteiger partial charge >= 0.3 is 0 Å². The minimum absolute atomic E-state index is 0.165. The van der Waals surface area contributed by atoms with Crippen molar-refractivity contribution in [1.29, 1.82) is 0 Å². The summed E-state index contributed by atoms with van der Waals surface area (Å²) in [5.74, 6) is 0.352. The van der Waals surface area contributed by atoms with Crippen molar-refractivity contribution in [2.75, 3.05) is 5.32 Å². The Balaban J connectivity index is 1.67. The van der Waals surface area contributed by atoms with E-state index in [0.29, 0.717) is 0 Å². The Hall–Kier alpha value is -2.10. The molecule has 0 unspecified atom stereocenters. The smallest absolute Gasteiger partial charge is 0.227 e. The minimum atomic E-state index is 0.165. The summed E-state index contributed by atoms with van der Waals surface area (Å²) < 4.78 is 0. The summed E-state index contributed by atoms with van der Waals surface area (Å²) in [6, 6.07) is 7.90. The van der Waals surface area contributed by atoms with Crippen LogP contribution in [-0.2, 0) is 4.79 Å². The second-order valence-electron chi connectivity index (χ2n) is 5.78. The fourth-order valence-electron chi connectivity index (χ4n) is 2.97. The van der Waals surface area contributed by atoms with Crippen molar-refractivity contribution >= 4 is 11.6 Å². The molecule has 1 aliphatic rings. The van der Waals surface area contributed by atoms with Crippen LogP contribution in [0.2, 0.25) is 0 Å². The van der Waals surface area contributed by atoms with E-state index in [1.54, 1.807) is 6.33 Å². The first-order chi connectivity index (χ1) is 10.2. The van der Waals surface area contributed by atoms with Crippen LogP contribution in [0.25, 0.3) is 11.3 Å². The lowest BCUT2D eigenvalue weighted by atomic mass is 9.88. The number of nitrogens with zero attached hydrogens (tertiary/aromatic N) is 1. The van der Waals surface area contributed by atoms with E-state index >= 15 is 0 Å². The maximum Gasteiger partial charge on any atom is 0.227 e. The van der Waals surface area contributed by atoms with Crippen molar-refractivity contribution < 1.29 is 4.79 Å². The number of hydrogen-bond acceptors (Lipinski definition) is 2. The number of hydrogen-bond donors (Lipinski definition) is 2. The average Bonchev–Trinajstić information content (AvgIpc) is 2.95. The van der Waals surface area contributed by atoms with E-state index in [4.69, 9.17) is 0 Å². The first-order valence-electron chi connectivity index (χ1n) is 7.65. The number of aryl methyl sites for hydroxylation is 1. The molecule has 4 nitrogen and oxygen atoms in total. The van der Waals surface area contributed by atoms with Gasteiger partial charge in [0.25, 0.3) is 0 Å². The molecule has 0 atom stereocenters. The van der Waals surface area contributed by atoms with Gasteiger partial charge in [-0.3, -0.25) is 4.79 Å². The molecule has 3 rings (SSSR count). The summed E-state index contributed by atoms with van der Waals surface area (Å²) in [4.78, 5) is 19.6. The quantitative estimate of drug-likeness (QED) is 0.897. The van der Waals surface area contributed by atoms with E-state index in [9.17, 15) is 4.79 Å². The molecule has 0 radical (unpaired) electrons. The standard InChI is InChI=1S/C17H21N3O/c1-12-16(19-11-18-12)13-7-9-15(10-8-13)20-17(21)14-5-3-2-4-6-14/h7-11,14H,2-6H2,1H3,(H,18,19)(H,20,21). The predicted molar refractivity (Wildman–Crippen MR) is 84.0 cm³/mol. The fraction of sp³-hybridized carbons (Fsp3) is 0.412. The summed E-state index contributed by atoms with van der Waals surface area (Å²) in [6.07, 6.45) is 7.36. The Kier molecular flexibility index (Phi) is 4.04. The highest BCUT2D eigenvalue weighted by atomic mass is 16.1. The number of aromatic amines is 1. The first kappa shape index (κ1) is 13.9. The van der Waals surface area contributed by atoms with Gasteiger partial charge in [0.15, 0.2) is 0 Å². The molecule has 21 heavy (non-hydrogen) atoms. The number of benzene rings is 1. The van der Waals surface area contributed by atoms with Gasteiger partial charge in [0.05, 0.1) is 12.0 Å². The Labute approximate surface area is 125 Å². The van der Waals surface area contributed by atoms with Gasteiger partial charge in [-0.2, -0.15) is 0 Å². The number of carbonyl (C=O) groups excluding carboxylic acids is 1. The summed E-state index contributed by atoms with van der Waals surface area (Å²) in [7, 11) is 0. The van der Waals surface area contributed by atoms with Crippen LogP contribution in [0.15, 0.2) is 30.6 Å². The van der Waals surface area contributed by atoms with E-state index in [1.807, 2.05) is 31.2 Å². The number of H-pyrrole nitrogens is 1. The van der Waals surface area contributed by atoms with Crippen molar-refractivity contribution in [2.24, 2.45) is 5.92 Å². The van der Waals surface area contributed by atoms with E-state index in [2.05, 4.69) is 15.3 Å². The van der Waals surface area contributed by atoms with Crippen molar-refractivity contribution in [2.45, 2.75) is 39.0 Å². The number of carbonyl (C=O) groups is 1. The van der Waals surface area contributed by atoms with E-state index in [-0.39, 0.29) is 11.8 Å². The van der Waals surface area contributed by atoms with Crippen molar-refractivity contribution in [3.8, 4) is 11.3 Å². The highest BCUT2D eigenvalue weighted by molar-refractivity contribution is 5.92. The predicted octanol–water partition coefficient (Wildman–Crippen LogP) is 3.90. The normalized spacial score (nSPS) is 15.9. The molecule has 1 heterocycles. The first-order valence-corrected chi connectivity index (χ1v) is 7.65. The highest BCUT2D eigenvalue weighted by Gasteiger charge is 2.20. The number of nitrogens with one attached hydrogen (secondary N) is 2. The van der Waals surface area contributed by atoms with Crippen LogP contribution >= 0.6 is 0 Å². The molecule has 1 fully saturated rings. The van der Waals surface area contributed by atoms with E-state index in [1.165, 1.54) is 19.3 Å². The number of amides is 1. The second kappa shape index (κ2) is 6.12. The molecule has 2 N–H and O–H groups in total. The Bertz CT molecular complexity index is 609. The minimum Gasteiger partial charge on any atom is -0.348 e. The summed E-state index contributed by atoms with van der Waals surface area (Å²) in [5.41, 5.74) is 3.93. The van der Waals surface area contributed by atoms with Crippen LogP contribution < -0.4 is 5.32 Å². The van der Waals surface area contributed by atoms with Gasteiger partial charge in [0, 0.05) is 22.9 Å². The monoisotopic (exact) mass is 283 g/mol. The zero-order chi connectivity index (χ0) is 14.7. The van der Waals surface area contributed by atoms with Gasteiger partial charge in [-0.15, -0.1) is 0 Å². The van der Waals surface area contributed by atoms with Crippen LogP contribution in [0.5, 0.6) is 0 Å². The lowest BCUT2D eigenvalue weighted by Gasteiger charge is -2.20. The maximum atomic E-state index is 12.2. The van der Waals surface area contributed by atoms with Gasteiger partial charge < -0.3 is 10.3 Å². The third-order valence-corrected chi connectivity index (χ3v) is 4.23. The molecule has 1 aromatic heterocycles. The maximum absolute atomic E-state index is 12.2. The number of anilines is 1. The number of aromatic nitrogens is 2. The molecule has 0 bridgehead atoms. The Morgan fingerprint density at radius 2 is 1.90 bits per heavy atom. The molecule has 0 spiro atoms. The van der Waals surface area contributed by atoms with Crippen LogP contribution in [0.1, 0.15) is 37.8 Å². The van der Waals surface area contributed by atoms with Gasteiger partial charge in [-0.25, -0.2) is 4.98 Å². The summed E-state index contributed by atoms with van der Waals surface area (Å²) in [6.45, 7) is 2.00. The van der Waals surface area contributed by atoms with Crippen molar-refractivity contribution in [1.82, 2.24) is 9.97 Å². The molecule has 1 aliphatic carbocycles.